The van der Waals surface area contributed by atoms with Crippen LogP contribution in [0.25, 0.3) is 0 Å². The molecule has 1 atom stereocenters. The van der Waals surface area contributed by atoms with E-state index in [1.54, 1.807) is 4.90 Å². The molecule has 2 rings (SSSR count). The van der Waals surface area contributed by atoms with Crippen molar-refractivity contribution in [2.45, 2.75) is 12.6 Å². The molecule has 0 aromatic carbocycles. The third-order valence-electron chi connectivity index (χ3n) is 2.83. The molecule has 1 aromatic rings. The minimum absolute atomic E-state index is 0.256. The van der Waals surface area contributed by atoms with Gasteiger partial charge in [0.1, 0.15) is 16.7 Å². The number of furan rings is 1. The van der Waals surface area contributed by atoms with Crippen molar-refractivity contribution in [1.29, 1.82) is 0 Å². The number of aliphatic carboxylic acids is 1. The van der Waals surface area contributed by atoms with Gasteiger partial charge in [0.05, 0.1) is 12.6 Å². The number of carboxylic acid groups (broad SMARTS) is 1. The molecular weight excluding hydrogens is 242 g/mol. The lowest BCUT2D eigenvalue weighted by Gasteiger charge is -2.32. The summed E-state index contributed by atoms with van der Waals surface area (Å²) >= 11 is 0. The van der Waals surface area contributed by atoms with Crippen molar-refractivity contribution < 1.29 is 19.2 Å². The number of carbonyl (C=O) groups is 1. The Hall–Kier alpha value is -1.93. The number of nitrogens with zero attached hydrogens (tertiary/aromatic N) is 2. The lowest BCUT2D eigenvalue weighted by molar-refractivity contribution is -0.402. The summed E-state index contributed by atoms with van der Waals surface area (Å²) in [5.74, 6) is -0.842. The smallest absolute Gasteiger partial charge is 0.433 e. The van der Waals surface area contributed by atoms with Crippen LogP contribution in [0.3, 0.4) is 0 Å². The number of rotatable bonds is 4. The first-order valence-corrected chi connectivity index (χ1v) is 5.48. The van der Waals surface area contributed by atoms with Crippen molar-refractivity contribution in [3.63, 3.8) is 0 Å². The summed E-state index contributed by atoms with van der Waals surface area (Å²) in [6.07, 6.45) is 0. The Bertz CT molecular complexity index is 458. The third kappa shape index (κ3) is 2.66. The molecular formula is C10H13N3O5. The van der Waals surface area contributed by atoms with Gasteiger partial charge in [-0.05, 0) is 6.07 Å². The van der Waals surface area contributed by atoms with E-state index in [1.165, 1.54) is 12.1 Å². The average Bonchev–Trinajstić information content (AvgIpc) is 2.78. The number of piperazine rings is 1. The van der Waals surface area contributed by atoms with Gasteiger partial charge in [0, 0.05) is 19.6 Å². The van der Waals surface area contributed by atoms with E-state index in [1.807, 2.05) is 0 Å². The maximum Gasteiger partial charge on any atom is 0.433 e. The van der Waals surface area contributed by atoms with Crippen LogP contribution < -0.4 is 5.32 Å². The molecule has 1 aromatic heterocycles. The molecule has 0 radical (unpaired) electrons. The molecule has 1 unspecified atom stereocenters. The van der Waals surface area contributed by atoms with Crippen molar-refractivity contribution in [3.8, 4) is 0 Å². The highest BCUT2D eigenvalue weighted by Crippen LogP contribution is 2.18. The molecule has 0 amide bonds. The Morgan fingerprint density at radius 3 is 3.06 bits per heavy atom. The van der Waals surface area contributed by atoms with Gasteiger partial charge in [-0.3, -0.25) is 19.8 Å². The van der Waals surface area contributed by atoms with Crippen molar-refractivity contribution in [2.75, 3.05) is 19.6 Å². The minimum atomic E-state index is -0.914. The predicted octanol–water partition coefficient (Wildman–Crippen LogP) is 0.0462. The number of nitrogens with one attached hydrogen (secondary N) is 1. The molecule has 98 valence electrons. The first-order valence-electron chi connectivity index (χ1n) is 5.48. The molecule has 1 aliphatic heterocycles. The Labute approximate surface area is 102 Å². The van der Waals surface area contributed by atoms with E-state index >= 15 is 0 Å². The maximum atomic E-state index is 11.0. The summed E-state index contributed by atoms with van der Waals surface area (Å²) in [4.78, 5) is 22.6. The Morgan fingerprint density at radius 2 is 2.44 bits per heavy atom. The van der Waals surface area contributed by atoms with E-state index in [2.05, 4.69) is 5.32 Å². The second-order valence-electron chi connectivity index (χ2n) is 4.03. The SMILES string of the molecule is O=C(O)C1CNCCN1Cc1ccc([N+](=O)[O-])o1. The van der Waals surface area contributed by atoms with Crippen LogP contribution >= 0.6 is 0 Å². The van der Waals surface area contributed by atoms with Gasteiger partial charge in [-0.1, -0.05) is 0 Å². The third-order valence-corrected chi connectivity index (χ3v) is 2.83. The molecule has 0 saturated carbocycles. The summed E-state index contributed by atoms with van der Waals surface area (Å²) < 4.78 is 5.02. The number of nitro groups is 1. The summed E-state index contributed by atoms with van der Waals surface area (Å²) in [5, 5.41) is 22.5. The summed E-state index contributed by atoms with van der Waals surface area (Å²) in [7, 11) is 0. The first kappa shape index (κ1) is 12.5. The van der Waals surface area contributed by atoms with E-state index in [4.69, 9.17) is 9.52 Å². The van der Waals surface area contributed by atoms with Gasteiger partial charge < -0.3 is 14.8 Å². The van der Waals surface area contributed by atoms with Crippen molar-refractivity contribution in [1.82, 2.24) is 10.2 Å². The minimum Gasteiger partial charge on any atom is -0.480 e. The topological polar surface area (TPSA) is 109 Å². The van der Waals surface area contributed by atoms with Crippen molar-refractivity contribution in [2.24, 2.45) is 0 Å². The highest BCUT2D eigenvalue weighted by atomic mass is 16.6. The van der Waals surface area contributed by atoms with E-state index in [0.29, 0.717) is 25.4 Å². The Kier molecular flexibility index (Phi) is 3.58. The lowest BCUT2D eigenvalue weighted by atomic mass is 10.2. The molecule has 0 bridgehead atoms. The predicted molar refractivity (Wildman–Crippen MR) is 60.1 cm³/mol. The molecule has 1 fully saturated rings. The zero-order valence-electron chi connectivity index (χ0n) is 9.54. The van der Waals surface area contributed by atoms with Crippen LogP contribution in [-0.4, -0.2) is 46.6 Å². The first-order chi connectivity index (χ1) is 8.58. The zero-order valence-corrected chi connectivity index (χ0v) is 9.54. The molecule has 8 nitrogen and oxygen atoms in total. The molecule has 1 aliphatic rings. The maximum absolute atomic E-state index is 11.0. The van der Waals surface area contributed by atoms with Crippen molar-refractivity contribution in [3.05, 3.63) is 28.0 Å². The van der Waals surface area contributed by atoms with Crippen LogP contribution in [-0.2, 0) is 11.3 Å². The van der Waals surface area contributed by atoms with Crippen LogP contribution in [0.4, 0.5) is 5.88 Å². The van der Waals surface area contributed by atoms with Crippen LogP contribution in [0.5, 0.6) is 0 Å². The van der Waals surface area contributed by atoms with E-state index < -0.39 is 16.9 Å². The normalized spacial score (nSPS) is 20.8. The Balaban J connectivity index is 2.06. The van der Waals surface area contributed by atoms with Gasteiger partial charge in [0.2, 0.25) is 0 Å². The molecule has 0 aliphatic carbocycles. The highest BCUT2D eigenvalue weighted by molar-refractivity contribution is 5.73. The van der Waals surface area contributed by atoms with Crippen LogP contribution in [0.2, 0.25) is 0 Å². The lowest BCUT2D eigenvalue weighted by Crippen LogP contribution is -2.54. The zero-order chi connectivity index (χ0) is 13.1. The molecule has 0 spiro atoms. The number of hydrogen-bond acceptors (Lipinski definition) is 6. The molecule has 2 heterocycles. The average molecular weight is 255 g/mol. The fourth-order valence-electron chi connectivity index (χ4n) is 1.93. The van der Waals surface area contributed by atoms with Crippen LogP contribution in [0, 0.1) is 10.1 Å². The molecule has 18 heavy (non-hydrogen) atoms. The standard InChI is InChI=1S/C10H13N3O5/c14-10(15)8-5-11-3-4-12(8)6-7-1-2-9(18-7)13(16)17/h1-2,8,11H,3-6H2,(H,14,15). The van der Waals surface area contributed by atoms with Crippen LogP contribution in [0.15, 0.2) is 16.5 Å². The summed E-state index contributed by atoms with van der Waals surface area (Å²) in [6.45, 7) is 1.86. The molecule has 8 heteroatoms. The fraction of sp³-hybridized carbons (Fsp3) is 0.500. The molecule has 2 N–H and O–H groups in total. The highest BCUT2D eigenvalue weighted by Gasteiger charge is 2.29. The Morgan fingerprint density at radius 1 is 1.67 bits per heavy atom. The van der Waals surface area contributed by atoms with Gasteiger partial charge in [0.15, 0.2) is 0 Å². The van der Waals surface area contributed by atoms with E-state index in [0.717, 1.165) is 0 Å². The summed E-state index contributed by atoms with van der Waals surface area (Å²) in [5.41, 5.74) is 0. The second kappa shape index (κ2) is 5.15. The van der Waals surface area contributed by atoms with Gasteiger partial charge in [-0.25, -0.2) is 0 Å². The van der Waals surface area contributed by atoms with Gasteiger partial charge >= 0.3 is 11.9 Å². The van der Waals surface area contributed by atoms with E-state index in [-0.39, 0.29) is 12.4 Å². The van der Waals surface area contributed by atoms with Crippen LogP contribution in [0.1, 0.15) is 5.76 Å². The largest absolute Gasteiger partial charge is 0.480 e. The van der Waals surface area contributed by atoms with Crippen molar-refractivity contribution >= 4 is 11.9 Å². The summed E-state index contributed by atoms with van der Waals surface area (Å²) in [6, 6.07) is 2.13. The van der Waals surface area contributed by atoms with E-state index in [9.17, 15) is 14.9 Å². The number of carboxylic acids is 1. The second-order valence-corrected chi connectivity index (χ2v) is 4.03. The van der Waals surface area contributed by atoms with Gasteiger partial charge in [-0.15, -0.1) is 0 Å². The fourth-order valence-corrected chi connectivity index (χ4v) is 1.93. The van der Waals surface area contributed by atoms with Gasteiger partial charge in [0.25, 0.3) is 0 Å². The number of hydrogen-bond donors (Lipinski definition) is 2. The quantitative estimate of drug-likeness (QED) is 0.577. The molecule has 1 saturated heterocycles. The van der Waals surface area contributed by atoms with Gasteiger partial charge in [-0.2, -0.15) is 0 Å². The monoisotopic (exact) mass is 255 g/mol.